The van der Waals surface area contributed by atoms with Crippen LogP contribution in [0, 0.1) is 0 Å². The van der Waals surface area contributed by atoms with Gasteiger partial charge in [0.15, 0.2) is 5.96 Å². The number of nitrogens with two attached hydrogens (primary N) is 1. The van der Waals surface area contributed by atoms with E-state index in [4.69, 9.17) is 5.73 Å². The third kappa shape index (κ3) is 2.61. The van der Waals surface area contributed by atoms with Crippen LogP contribution in [0.4, 0.5) is 13.2 Å². The summed E-state index contributed by atoms with van der Waals surface area (Å²) in [5.74, 6) is -0.459. The molecule has 3 N–H and O–H groups in total. The second-order valence-corrected chi connectivity index (χ2v) is 2.81. The zero-order valence-electron chi connectivity index (χ0n) is 7.91. The molecule has 0 fully saturated rings. The lowest BCUT2D eigenvalue weighted by atomic mass is 10.4. The van der Waals surface area contributed by atoms with Crippen molar-refractivity contribution in [3.8, 4) is 0 Å². The molecule has 8 heteroatoms. The molecule has 15 heavy (non-hydrogen) atoms. The minimum Gasteiger partial charge on any atom is -0.370 e. The van der Waals surface area contributed by atoms with Crippen LogP contribution in [0.3, 0.4) is 0 Å². The third-order valence-corrected chi connectivity index (χ3v) is 1.65. The van der Waals surface area contributed by atoms with Gasteiger partial charge in [-0.05, 0) is 6.20 Å². The number of aliphatic imine (C=N–C) groups is 2. The van der Waals surface area contributed by atoms with Crippen LogP contribution in [0.15, 0.2) is 22.8 Å². The van der Waals surface area contributed by atoms with Crippen molar-refractivity contribution in [2.24, 2.45) is 15.7 Å². The van der Waals surface area contributed by atoms with Crippen LogP contribution < -0.4 is 11.1 Å². The summed E-state index contributed by atoms with van der Waals surface area (Å²) in [6, 6.07) is 0. The van der Waals surface area contributed by atoms with E-state index in [1.807, 2.05) is 5.32 Å². The predicted octanol–water partition coefficient (Wildman–Crippen LogP) is 0.224. The summed E-state index contributed by atoms with van der Waals surface area (Å²) >= 11 is 0. The lowest BCUT2D eigenvalue weighted by Gasteiger charge is -2.24. The second kappa shape index (κ2) is 3.79. The number of nitrogens with zero attached hydrogens (tertiary/aromatic N) is 3. The average Bonchev–Trinajstić information content (AvgIpc) is 2.14. The lowest BCUT2D eigenvalue weighted by molar-refractivity contribution is -0.150. The normalized spacial score (nSPS) is 21.2. The SMILES string of the molecule is C=CN(C)C1=NC(C(F)(F)F)NC(N)=N1. The summed E-state index contributed by atoms with van der Waals surface area (Å²) in [6.45, 7) is 3.38. The Hall–Kier alpha value is -1.73. The van der Waals surface area contributed by atoms with Crippen LogP contribution in [0.5, 0.6) is 0 Å². The van der Waals surface area contributed by atoms with Crippen LogP contribution in [-0.4, -0.2) is 36.2 Å². The van der Waals surface area contributed by atoms with Crippen molar-refractivity contribution >= 4 is 11.9 Å². The first-order valence-corrected chi connectivity index (χ1v) is 3.95. The van der Waals surface area contributed by atoms with E-state index in [2.05, 4.69) is 16.6 Å². The number of nitrogens with one attached hydrogen (secondary N) is 1. The van der Waals surface area contributed by atoms with Crippen molar-refractivity contribution in [3.63, 3.8) is 0 Å². The lowest BCUT2D eigenvalue weighted by Crippen LogP contribution is -2.51. The van der Waals surface area contributed by atoms with E-state index in [1.54, 1.807) is 0 Å². The molecular formula is C7H10F3N5. The minimum absolute atomic E-state index is 0.136. The zero-order valence-corrected chi connectivity index (χ0v) is 7.91. The first-order valence-electron chi connectivity index (χ1n) is 3.95. The number of guanidine groups is 2. The molecule has 1 aliphatic heterocycles. The van der Waals surface area contributed by atoms with Crippen molar-refractivity contribution in [2.45, 2.75) is 12.3 Å². The Morgan fingerprint density at radius 2 is 2.20 bits per heavy atom. The monoisotopic (exact) mass is 221 g/mol. The molecular weight excluding hydrogens is 211 g/mol. The molecule has 0 amide bonds. The summed E-state index contributed by atoms with van der Waals surface area (Å²) in [5, 5.41) is 1.92. The largest absolute Gasteiger partial charge is 0.429 e. The molecule has 0 radical (unpaired) electrons. The van der Waals surface area contributed by atoms with Crippen molar-refractivity contribution in [1.82, 2.24) is 10.2 Å². The van der Waals surface area contributed by atoms with Crippen LogP contribution in [0.25, 0.3) is 0 Å². The highest BCUT2D eigenvalue weighted by Crippen LogP contribution is 2.22. The number of halogens is 3. The maximum Gasteiger partial charge on any atom is 0.429 e. The highest BCUT2D eigenvalue weighted by atomic mass is 19.4. The summed E-state index contributed by atoms with van der Waals surface area (Å²) in [4.78, 5) is 8.19. The molecule has 0 spiro atoms. The van der Waals surface area contributed by atoms with Crippen molar-refractivity contribution in [2.75, 3.05) is 7.05 Å². The predicted molar refractivity (Wildman–Crippen MR) is 50.0 cm³/mol. The van der Waals surface area contributed by atoms with Crippen molar-refractivity contribution in [1.29, 1.82) is 0 Å². The zero-order chi connectivity index (χ0) is 11.6. The number of rotatable bonds is 1. The Bertz CT molecular complexity index is 319. The number of hydrogen-bond acceptors (Lipinski definition) is 5. The maximum absolute atomic E-state index is 12.3. The van der Waals surface area contributed by atoms with Crippen LogP contribution in [0.2, 0.25) is 0 Å². The molecule has 1 atom stereocenters. The smallest absolute Gasteiger partial charge is 0.370 e. The van der Waals surface area contributed by atoms with Gasteiger partial charge in [0, 0.05) is 7.05 Å². The minimum atomic E-state index is -4.51. The first kappa shape index (κ1) is 11.3. The van der Waals surface area contributed by atoms with Crippen LogP contribution in [0.1, 0.15) is 0 Å². The van der Waals surface area contributed by atoms with Crippen LogP contribution >= 0.6 is 0 Å². The molecule has 0 saturated heterocycles. The van der Waals surface area contributed by atoms with Gasteiger partial charge in [-0.3, -0.25) is 0 Å². The highest BCUT2D eigenvalue weighted by molar-refractivity contribution is 5.96. The molecule has 84 valence electrons. The molecule has 1 aliphatic rings. The Morgan fingerprint density at radius 1 is 1.60 bits per heavy atom. The van der Waals surface area contributed by atoms with Crippen LogP contribution in [-0.2, 0) is 0 Å². The van der Waals surface area contributed by atoms with Gasteiger partial charge in [-0.15, -0.1) is 0 Å². The van der Waals surface area contributed by atoms with Crippen molar-refractivity contribution < 1.29 is 13.2 Å². The molecule has 0 aromatic rings. The Labute approximate surface area is 84.2 Å². The van der Waals surface area contributed by atoms with Gasteiger partial charge < -0.3 is 16.0 Å². The molecule has 0 saturated carbocycles. The van der Waals surface area contributed by atoms with E-state index in [0.717, 1.165) is 0 Å². The summed E-state index contributed by atoms with van der Waals surface area (Å²) in [7, 11) is 1.47. The Morgan fingerprint density at radius 3 is 2.67 bits per heavy atom. The molecule has 0 bridgehead atoms. The van der Waals surface area contributed by atoms with Gasteiger partial charge in [0.25, 0.3) is 0 Å². The molecule has 0 aliphatic carbocycles. The Kier molecular flexibility index (Phi) is 2.87. The standard InChI is InChI=1S/C7H10F3N5/c1-3-15(2)6-13-4(7(8,9)10)12-5(11)14-6/h3-4H,1H2,2H3,(H3,11,12,13,14). The first-order chi connectivity index (χ1) is 6.84. The quantitative estimate of drug-likeness (QED) is 0.665. The topological polar surface area (TPSA) is 66.0 Å². The fraction of sp³-hybridized carbons (Fsp3) is 0.429. The molecule has 1 unspecified atom stereocenters. The molecule has 1 heterocycles. The number of hydrogen-bond donors (Lipinski definition) is 2. The van der Waals surface area contributed by atoms with E-state index in [0.29, 0.717) is 0 Å². The van der Waals surface area contributed by atoms with Gasteiger partial charge in [-0.2, -0.15) is 18.2 Å². The van der Waals surface area contributed by atoms with E-state index < -0.39 is 12.3 Å². The van der Waals surface area contributed by atoms with E-state index in [-0.39, 0.29) is 11.9 Å². The summed E-state index contributed by atoms with van der Waals surface area (Å²) in [5.41, 5.74) is 5.20. The van der Waals surface area contributed by atoms with Gasteiger partial charge >= 0.3 is 6.18 Å². The molecule has 0 aromatic heterocycles. The van der Waals surface area contributed by atoms with Gasteiger partial charge in [0.1, 0.15) is 0 Å². The third-order valence-electron chi connectivity index (χ3n) is 1.65. The average molecular weight is 221 g/mol. The van der Waals surface area contributed by atoms with E-state index >= 15 is 0 Å². The maximum atomic E-state index is 12.3. The second-order valence-electron chi connectivity index (χ2n) is 2.81. The number of alkyl halides is 3. The van der Waals surface area contributed by atoms with E-state index in [9.17, 15) is 13.2 Å². The fourth-order valence-corrected chi connectivity index (χ4v) is 0.863. The molecule has 0 aromatic carbocycles. The fourth-order valence-electron chi connectivity index (χ4n) is 0.863. The van der Waals surface area contributed by atoms with Gasteiger partial charge in [0.05, 0.1) is 0 Å². The summed E-state index contributed by atoms with van der Waals surface area (Å²) < 4.78 is 37.0. The van der Waals surface area contributed by atoms with E-state index in [1.165, 1.54) is 18.1 Å². The summed E-state index contributed by atoms with van der Waals surface area (Å²) in [6.07, 6.45) is -5.28. The Balaban J connectivity index is 2.96. The highest BCUT2D eigenvalue weighted by Gasteiger charge is 2.42. The van der Waals surface area contributed by atoms with Gasteiger partial charge in [0.2, 0.25) is 12.1 Å². The molecule has 5 nitrogen and oxygen atoms in total. The van der Waals surface area contributed by atoms with Crippen molar-refractivity contribution in [3.05, 3.63) is 12.8 Å². The molecule has 1 rings (SSSR count). The van der Waals surface area contributed by atoms with Gasteiger partial charge in [-0.1, -0.05) is 6.58 Å². The van der Waals surface area contributed by atoms with Gasteiger partial charge in [-0.25, -0.2) is 4.99 Å².